The van der Waals surface area contributed by atoms with Gasteiger partial charge < -0.3 is 4.90 Å². The zero-order valence-electron chi connectivity index (χ0n) is 13.5. The minimum atomic E-state index is 0.0952. The third kappa shape index (κ3) is 2.71. The molecule has 3 rings (SSSR count). The number of benzene rings is 1. The summed E-state index contributed by atoms with van der Waals surface area (Å²) in [5.74, 6) is 0.244. The van der Waals surface area contributed by atoms with Crippen LogP contribution in [0.5, 0.6) is 0 Å². The average molecular weight is 297 g/mol. The highest BCUT2D eigenvalue weighted by Crippen LogP contribution is 2.26. The maximum absolute atomic E-state index is 12.8. The van der Waals surface area contributed by atoms with Crippen molar-refractivity contribution in [1.82, 2.24) is 14.7 Å². The summed E-state index contributed by atoms with van der Waals surface area (Å²) in [6, 6.07) is 10.1. The fraction of sp³-hybridized carbons (Fsp3) is 0.444. The minimum Gasteiger partial charge on any atom is -0.306 e. The second-order valence-electron chi connectivity index (χ2n) is 6.25. The summed E-state index contributed by atoms with van der Waals surface area (Å²) in [4.78, 5) is 15.1. The molecule has 0 atom stereocenters. The van der Waals surface area contributed by atoms with Gasteiger partial charge in [-0.15, -0.1) is 0 Å². The van der Waals surface area contributed by atoms with E-state index in [-0.39, 0.29) is 11.8 Å². The summed E-state index contributed by atoms with van der Waals surface area (Å²) >= 11 is 0. The van der Waals surface area contributed by atoms with Crippen LogP contribution in [0.15, 0.2) is 30.3 Å². The van der Waals surface area contributed by atoms with Gasteiger partial charge in [-0.05, 0) is 52.4 Å². The average Bonchev–Trinajstić information content (AvgIpc) is 2.84. The smallest absolute Gasteiger partial charge is 0.250 e. The monoisotopic (exact) mass is 297 g/mol. The molecule has 0 amide bonds. The van der Waals surface area contributed by atoms with E-state index >= 15 is 0 Å². The first kappa shape index (κ1) is 15.0. The van der Waals surface area contributed by atoms with E-state index < -0.39 is 0 Å². The van der Waals surface area contributed by atoms with Crippen LogP contribution in [0, 0.1) is 19.8 Å². The lowest BCUT2D eigenvalue weighted by Crippen LogP contribution is -2.36. The Morgan fingerprint density at radius 1 is 1.14 bits per heavy atom. The van der Waals surface area contributed by atoms with Crippen molar-refractivity contribution in [2.24, 2.45) is 5.92 Å². The Labute approximate surface area is 131 Å². The molecule has 1 aromatic carbocycles. The predicted molar refractivity (Wildman–Crippen MR) is 88.0 cm³/mol. The van der Waals surface area contributed by atoms with Gasteiger partial charge in [-0.2, -0.15) is 5.10 Å². The van der Waals surface area contributed by atoms with Crippen molar-refractivity contribution in [3.63, 3.8) is 0 Å². The van der Waals surface area contributed by atoms with Crippen LogP contribution in [0.1, 0.15) is 28.9 Å². The van der Waals surface area contributed by atoms with E-state index in [4.69, 9.17) is 0 Å². The van der Waals surface area contributed by atoms with Crippen LogP contribution in [0.25, 0.3) is 11.3 Å². The molecule has 1 saturated heterocycles. The van der Waals surface area contributed by atoms with Crippen molar-refractivity contribution < 1.29 is 4.79 Å². The molecular formula is C18H23N3O. The largest absolute Gasteiger partial charge is 0.306 e. The highest BCUT2D eigenvalue weighted by atomic mass is 16.2. The molecule has 2 heterocycles. The molecule has 22 heavy (non-hydrogen) atoms. The molecule has 4 nitrogen and oxygen atoms in total. The van der Waals surface area contributed by atoms with Crippen LogP contribution < -0.4 is 0 Å². The van der Waals surface area contributed by atoms with E-state index in [0.717, 1.165) is 48.4 Å². The van der Waals surface area contributed by atoms with Gasteiger partial charge in [0.2, 0.25) is 5.91 Å². The molecule has 1 fully saturated rings. The molecule has 0 unspecified atom stereocenters. The van der Waals surface area contributed by atoms with Crippen LogP contribution in [-0.4, -0.2) is 40.7 Å². The number of nitrogens with zero attached hydrogens (tertiary/aromatic N) is 3. The number of likely N-dealkylation sites (tertiary alicyclic amines) is 1. The van der Waals surface area contributed by atoms with Gasteiger partial charge in [0.15, 0.2) is 0 Å². The van der Waals surface area contributed by atoms with Crippen LogP contribution in [-0.2, 0) is 0 Å². The Balaban J connectivity index is 1.90. The molecule has 0 bridgehead atoms. The third-order valence-corrected chi connectivity index (χ3v) is 4.74. The molecule has 0 aliphatic carbocycles. The summed E-state index contributed by atoms with van der Waals surface area (Å²) in [5.41, 5.74) is 4.03. The predicted octanol–water partition coefficient (Wildman–Crippen LogP) is 3.15. The Hall–Kier alpha value is -1.94. The van der Waals surface area contributed by atoms with E-state index in [1.807, 2.05) is 44.2 Å². The lowest BCUT2D eigenvalue weighted by molar-refractivity contribution is 0.0749. The van der Waals surface area contributed by atoms with E-state index in [1.54, 1.807) is 4.68 Å². The second kappa shape index (κ2) is 6.05. The molecule has 2 aromatic rings. The molecule has 0 N–H and O–H groups in total. The molecule has 0 radical (unpaired) electrons. The summed E-state index contributed by atoms with van der Waals surface area (Å²) in [6.45, 7) is 6.01. The number of carbonyl (C=O) groups is 1. The maximum Gasteiger partial charge on any atom is 0.250 e. The van der Waals surface area contributed by atoms with Crippen LogP contribution >= 0.6 is 0 Å². The Morgan fingerprint density at radius 2 is 1.77 bits per heavy atom. The number of hydrogen-bond donors (Lipinski definition) is 0. The van der Waals surface area contributed by atoms with Crippen LogP contribution in [0.4, 0.5) is 0 Å². The molecule has 116 valence electrons. The quantitative estimate of drug-likeness (QED) is 0.854. The summed E-state index contributed by atoms with van der Waals surface area (Å²) in [7, 11) is 2.11. The van der Waals surface area contributed by atoms with Gasteiger partial charge >= 0.3 is 0 Å². The first-order valence-electron chi connectivity index (χ1n) is 7.92. The SMILES string of the molecule is Cc1c(-c2ccccc2)nn(C(=O)C2CCN(C)CC2)c1C. The number of aromatic nitrogens is 2. The normalized spacial score (nSPS) is 16.9. The zero-order valence-corrected chi connectivity index (χ0v) is 13.5. The van der Waals surface area contributed by atoms with Crippen molar-refractivity contribution in [2.45, 2.75) is 26.7 Å². The van der Waals surface area contributed by atoms with Crippen molar-refractivity contribution >= 4 is 5.91 Å². The molecule has 1 aliphatic heterocycles. The van der Waals surface area contributed by atoms with E-state index in [2.05, 4.69) is 17.0 Å². The van der Waals surface area contributed by atoms with Gasteiger partial charge in [0, 0.05) is 17.2 Å². The Morgan fingerprint density at radius 3 is 2.41 bits per heavy atom. The van der Waals surface area contributed by atoms with Crippen molar-refractivity contribution in [3.8, 4) is 11.3 Å². The fourth-order valence-electron chi connectivity index (χ4n) is 3.09. The van der Waals surface area contributed by atoms with Crippen molar-refractivity contribution in [3.05, 3.63) is 41.6 Å². The number of hydrogen-bond acceptors (Lipinski definition) is 3. The van der Waals surface area contributed by atoms with E-state index in [1.165, 1.54) is 0 Å². The van der Waals surface area contributed by atoms with Crippen LogP contribution in [0.2, 0.25) is 0 Å². The van der Waals surface area contributed by atoms with Gasteiger partial charge in [0.1, 0.15) is 0 Å². The Kier molecular flexibility index (Phi) is 4.12. The molecule has 1 aromatic heterocycles. The highest BCUT2D eigenvalue weighted by molar-refractivity contribution is 5.83. The molecule has 0 spiro atoms. The van der Waals surface area contributed by atoms with Crippen molar-refractivity contribution in [1.29, 1.82) is 0 Å². The number of piperidine rings is 1. The number of carbonyl (C=O) groups excluding carboxylic acids is 1. The molecule has 0 saturated carbocycles. The standard InChI is InChI=1S/C18H23N3O/c1-13-14(2)21(18(22)16-9-11-20(3)12-10-16)19-17(13)15-7-5-4-6-8-15/h4-8,16H,9-12H2,1-3H3. The molecule has 4 heteroatoms. The van der Waals surface area contributed by atoms with Crippen molar-refractivity contribution in [2.75, 3.05) is 20.1 Å². The van der Waals surface area contributed by atoms with Crippen LogP contribution in [0.3, 0.4) is 0 Å². The minimum absolute atomic E-state index is 0.0952. The van der Waals surface area contributed by atoms with Gasteiger partial charge in [-0.1, -0.05) is 30.3 Å². The van der Waals surface area contributed by atoms with Gasteiger partial charge in [-0.25, -0.2) is 4.68 Å². The summed E-state index contributed by atoms with van der Waals surface area (Å²) < 4.78 is 1.63. The first-order chi connectivity index (χ1) is 10.6. The third-order valence-electron chi connectivity index (χ3n) is 4.74. The second-order valence-corrected chi connectivity index (χ2v) is 6.25. The zero-order chi connectivity index (χ0) is 15.7. The fourth-order valence-corrected chi connectivity index (χ4v) is 3.09. The molecular weight excluding hydrogens is 274 g/mol. The molecule has 1 aliphatic rings. The van der Waals surface area contributed by atoms with Gasteiger partial charge in [0.05, 0.1) is 5.69 Å². The summed E-state index contributed by atoms with van der Waals surface area (Å²) in [6.07, 6.45) is 1.85. The lowest BCUT2D eigenvalue weighted by atomic mass is 9.96. The topological polar surface area (TPSA) is 38.1 Å². The van der Waals surface area contributed by atoms with Gasteiger partial charge in [-0.3, -0.25) is 4.79 Å². The Bertz CT molecular complexity index is 667. The first-order valence-corrected chi connectivity index (χ1v) is 7.92. The summed E-state index contributed by atoms with van der Waals surface area (Å²) in [5, 5.41) is 4.63. The van der Waals surface area contributed by atoms with E-state index in [9.17, 15) is 4.79 Å². The van der Waals surface area contributed by atoms with Gasteiger partial charge in [0.25, 0.3) is 0 Å². The maximum atomic E-state index is 12.8. The lowest BCUT2D eigenvalue weighted by Gasteiger charge is -2.27. The highest BCUT2D eigenvalue weighted by Gasteiger charge is 2.27. The van der Waals surface area contributed by atoms with E-state index in [0.29, 0.717) is 0 Å². The number of rotatable bonds is 2.